The van der Waals surface area contributed by atoms with Gasteiger partial charge in [0.2, 0.25) is 0 Å². The summed E-state index contributed by atoms with van der Waals surface area (Å²) in [6.45, 7) is 0.289. The summed E-state index contributed by atoms with van der Waals surface area (Å²) < 4.78 is 18.9. The summed E-state index contributed by atoms with van der Waals surface area (Å²) in [5.41, 5.74) is 1.47. The lowest BCUT2D eigenvalue weighted by Crippen LogP contribution is -2.03. The van der Waals surface area contributed by atoms with Crippen molar-refractivity contribution in [1.29, 1.82) is 0 Å². The molecular weight excluding hydrogens is 303 g/mol. The van der Waals surface area contributed by atoms with E-state index in [0.29, 0.717) is 17.7 Å². The van der Waals surface area contributed by atoms with Crippen LogP contribution in [-0.4, -0.2) is 5.78 Å². The van der Waals surface area contributed by atoms with Gasteiger partial charge in [-0.3, -0.25) is 4.79 Å². The molecule has 24 heavy (non-hydrogen) atoms. The van der Waals surface area contributed by atoms with Crippen LogP contribution in [-0.2, 0) is 6.61 Å². The summed E-state index contributed by atoms with van der Waals surface area (Å²) in [4.78, 5) is 12.4. The van der Waals surface area contributed by atoms with Crippen molar-refractivity contribution < 1.29 is 13.9 Å². The molecule has 0 bridgehead atoms. The van der Waals surface area contributed by atoms with Crippen molar-refractivity contribution in [1.82, 2.24) is 0 Å². The largest absolute Gasteiger partial charge is 0.489 e. The SMILES string of the molecule is O=C(CCC1CCCC1)c1cccc(OCc2cccc(F)c2)c1. The van der Waals surface area contributed by atoms with Gasteiger partial charge in [0.05, 0.1) is 0 Å². The number of Topliss-reactive ketones (excluding diaryl/α,β-unsaturated/α-hetero) is 1. The number of hydrogen-bond donors (Lipinski definition) is 0. The number of carbonyl (C=O) groups is 1. The number of ketones is 1. The average molecular weight is 326 g/mol. The van der Waals surface area contributed by atoms with Crippen molar-refractivity contribution in [3.05, 3.63) is 65.5 Å². The lowest BCUT2D eigenvalue weighted by Gasteiger charge is -2.10. The molecule has 0 N–H and O–H groups in total. The summed E-state index contributed by atoms with van der Waals surface area (Å²) in [5, 5.41) is 0. The zero-order valence-electron chi connectivity index (χ0n) is 13.8. The molecular formula is C21H23FO2. The van der Waals surface area contributed by atoms with Gasteiger partial charge in [0.15, 0.2) is 5.78 Å². The van der Waals surface area contributed by atoms with Crippen LogP contribution in [0.15, 0.2) is 48.5 Å². The van der Waals surface area contributed by atoms with Crippen LogP contribution in [0.1, 0.15) is 54.4 Å². The molecule has 2 aromatic carbocycles. The van der Waals surface area contributed by atoms with Crippen LogP contribution in [0.25, 0.3) is 0 Å². The van der Waals surface area contributed by atoms with Crippen LogP contribution in [0.2, 0.25) is 0 Å². The van der Waals surface area contributed by atoms with Crippen molar-refractivity contribution in [3.63, 3.8) is 0 Å². The molecule has 2 aromatic rings. The molecule has 0 amide bonds. The molecule has 0 aromatic heterocycles. The molecule has 0 spiro atoms. The Morgan fingerprint density at radius 2 is 1.88 bits per heavy atom. The van der Waals surface area contributed by atoms with E-state index in [0.717, 1.165) is 17.9 Å². The minimum Gasteiger partial charge on any atom is -0.489 e. The highest BCUT2D eigenvalue weighted by Crippen LogP contribution is 2.29. The van der Waals surface area contributed by atoms with Crippen molar-refractivity contribution >= 4 is 5.78 Å². The van der Waals surface area contributed by atoms with Gasteiger partial charge in [-0.05, 0) is 42.2 Å². The van der Waals surface area contributed by atoms with Gasteiger partial charge in [-0.25, -0.2) is 4.39 Å². The number of benzene rings is 2. The highest BCUT2D eigenvalue weighted by molar-refractivity contribution is 5.96. The zero-order chi connectivity index (χ0) is 16.8. The molecule has 2 nitrogen and oxygen atoms in total. The van der Waals surface area contributed by atoms with Crippen molar-refractivity contribution in [2.45, 2.75) is 45.1 Å². The molecule has 0 radical (unpaired) electrons. The summed E-state index contributed by atoms with van der Waals surface area (Å²) in [6.07, 6.45) is 6.75. The minimum atomic E-state index is -0.271. The monoisotopic (exact) mass is 326 g/mol. The number of carbonyl (C=O) groups excluding carboxylic acids is 1. The van der Waals surface area contributed by atoms with Crippen LogP contribution in [0.5, 0.6) is 5.75 Å². The lowest BCUT2D eigenvalue weighted by molar-refractivity contribution is 0.0973. The molecule has 0 atom stereocenters. The van der Waals surface area contributed by atoms with E-state index in [2.05, 4.69) is 0 Å². The Bertz CT molecular complexity index is 690. The first-order valence-corrected chi connectivity index (χ1v) is 8.71. The van der Waals surface area contributed by atoms with E-state index in [1.165, 1.54) is 37.8 Å². The van der Waals surface area contributed by atoms with Crippen LogP contribution >= 0.6 is 0 Å². The second-order valence-electron chi connectivity index (χ2n) is 6.56. The van der Waals surface area contributed by atoms with Gasteiger partial charge in [-0.2, -0.15) is 0 Å². The van der Waals surface area contributed by atoms with E-state index in [4.69, 9.17) is 4.74 Å². The molecule has 1 saturated carbocycles. The highest BCUT2D eigenvalue weighted by Gasteiger charge is 2.17. The maximum Gasteiger partial charge on any atom is 0.163 e. The topological polar surface area (TPSA) is 26.3 Å². The summed E-state index contributed by atoms with van der Waals surface area (Å²) >= 11 is 0. The molecule has 1 aliphatic carbocycles. The van der Waals surface area contributed by atoms with E-state index >= 15 is 0 Å². The highest BCUT2D eigenvalue weighted by atomic mass is 19.1. The predicted octanol–water partition coefficient (Wildman–Crippen LogP) is 5.56. The Balaban J connectivity index is 1.55. The fourth-order valence-electron chi connectivity index (χ4n) is 3.33. The van der Waals surface area contributed by atoms with Crippen molar-refractivity contribution in [2.24, 2.45) is 5.92 Å². The second kappa shape index (κ2) is 8.09. The third-order valence-electron chi connectivity index (χ3n) is 4.70. The van der Waals surface area contributed by atoms with Gasteiger partial charge in [0, 0.05) is 12.0 Å². The normalized spacial score (nSPS) is 14.7. The maximum atomic E-state index is 13.2. The molecule has 3 rings (SSSR count). The molecule has 0 saturated heterocycles. The smallest absolute Gasteiger partial charge is 0.163 e. The van der Waals surface area contributed by atoms with Gasteiger partial charge in [0.25, 0.3) is 0 Å². The van der Waals surface area contributed by atoms with Gasteiger partial charge in [0.1, 0.15) is 18.2 Å². The first kappa shape index (κ1) is 16.7. The number of rotatable bonds is 7. The molecule has 0 heterocycles. The Hall–Kier alpha value is -2.16. The molecule has 0 unspecified atom stereocenters. The molecule has 3 heteroatoms. The summed E-state index contributed by atoms with van der Waals surface area (Å²) in [6, 6.07) is 13.6. The van der Waals surface area contributed by atoms with Crippen molar-refractivity contribution in [2.75, 3.05) is 0 Å². The number of ether oxygens (including phenoxy) is 1. The first-order valence-electron chi connectivity index (χ1n) is 8.71. The number of hydrogen-bond acceptors (Lipinski definition) is 2. The third kappa shape index (κ3) is 4.67. The lowest BCUT2D eigenvalue weighted by atomic mass is 9.97. The zero-order valence-corrected chi connectivity index (χ0v) is 13.8. The third-order valence-corrected chi connectivity index (χ3v) is 4.70. The quantitative estimate of drug-likeness (QED) is 0.623. The van der Waals surface area contributed by atoms with E-state index in [1.807, 2.05) is 24.3 Å². The van der Waals surface area contributed by atoms with Crippen LogP contribution < -0.4 is 4.74 Å². The second-order valence-corrected chi connectivity index (χ2v) is 6.56. The molecule has 0 aliphatic heterocycles. The van der Waals surface area contributed by atoms with Gasteiger partial charge >= 0.3 is 0 Å². The minimum absolute atomic E-state index is 0.179. The van der Waals surface area contributed by atoms with Gasteiger partial charge in [-0.1, -0.05) is 49.9 Å². The summed E-state index contributed by atoms with van der Waals surface area (Å²) in [7, 11) is 0. The Kier molecular flexibility index (Phi) is 5.63. The predicted molar refractivity (Wildman–Crippen MR) is 92.7 cm³/mol. The first-order chi connectivity index (χ1) is 11.7. The van der Waals surface area contributed by atoms with Crippen LogP contribution in [0.3, 0.4) is 0 Å². The molecule has 1 aliphatic rings. The molecule has 1 fully saturated rings. The van der Waals surface area contributed by atoms with Gasteiger partial charge in [-0.15, -0.1) is 0 Å². The summed E-state index contributed by atoms with van der Waals surface area (Å²) in [5.74, 6) is 1.28. The van der Waals surface area contributed by atoms with E-state index < -0.39 is 0 Å². The van der Waals surface area contributed by atoms with Crippen LogP contribution in [0.4, 0.5) is 4.39 Å². The average Bonchev–Trinajstić information content (AvgIpc) is 3.12. The van der Waals surface area contributed by atoms with Crippen molar-refractivity contribution in [3.8, 4) is 5.75 Å². The van der Waals surface area contributed by atoms with E-state index in [-0.39, 0.29) is 18.2 Å². The fraction of sp³-hybridized carbons (Fsp3) is 0.381. The fourth-order valence-corrected chi connectivity index (χ4v) is 3.33. The Morgan fingerprint density at radius 1 is 1.08 bits per heavy atom. The van der Waals surface area contributed by atoms with Gasteiger partial charge < -0.3 is 4.74 Å². The Labute approximate surface area is 142 Å². The Morgan fingerprint density at radius 3 is 2.67 bits per heavy atom. The van der Waals surface area contributed by atoms with E-state index in [1.54, 1.807) is 12.1 Å². The van der Waals surface area contributed by atoms with Crippen LogP contribution in [0, 0.1) is 11.7 Å². The standard InChI is InChI=1S/C21H23FO2/c22-19-9-3-7-17(13-19)15-24-20-10-4-8-18(14-20)21(23)12-11-16-5-1-2-6-16/h3-4,7-10,13-14,16H,1-2,5-6,11-12,15H2. The maximum absolute atomic E-state index is 13.2. The molecule has 126 valence electrons. The number of halogens is 1. The van der Waals surface area contributed by atoms with E-state index in [9.17, 15) is 9.18 Å².